The normalized spacial score (nSPS) is 43.1. The van der Waals surface area contributed by atoms with Crippen molar-refractivity contribution < 1.29 is 28.5 Å². The van der Waals surface area contributed by atoms with Crippen LogP contribution in [-0.4, -0.2) is 56.5 Å². The van der Waals surface area contributed by atoms with E-state index >= 15 is 0 Å². The predicted molar refractivity (Wildman–Crippen MR) is 84.2 cm³/mol. The SMILES string of the molecule is C=C(C)C(=O)OC1COC2C(OCOC3CC4CCC3C4)COC12. The van der Waals surface area contributed by atoms with E-state index in [1.807, 2.05) is 0 Å². The highest BCUT2D eigenvalue weighted by Crippen LogP contribution is 2.45. The molecule has 2 saturated heterocycles. The van der Waals surface area contributed by atoms with Gasteiger partial charge in [0.05, 0.1) is 19.3 Å². The topological polar surface area (TPSA) is 63.2 Å². The van der Waals surface area contributed by atoms with Crippen LogP contribution in [0.5, 0.6) is 0 Å². The molecule has 2 saturated carbocycles. The quantitative estimate of drug-likeness (QED) is 0.418. The minimum atomic E-state index is -0.406. The summed E-state index contributed by atoms with van der Waals surface area (Å²) < 4.78 is 28.7. The fraction of sp³-hybridized carbons (Fsp3) is 0.833. The van der Waals surface area contributed by atoms with E-state index in [0.29, 0.717) is 24.9 Å². The second-order valence-electron chi connectivity index (χ2n) is 7.52. The number of fused-ring (bicyclic) bond motifs is 3. The third-order valence-corrected chi connectivity index (χ3v) is 5.81. The minimum Gasteiger partial charge on any atom is -0.454 e. The average molecular weight is 338 g/mol. The second kappa shape index (κ2) is 6.75. The Kier molecular flexibility index (Phi) is 4.64. The molecule has 134 valence electrons. The molecule has 2 aliphatic carbocycles. The van der Waals surface area contributed by atoms with Gasteiger partial charge in [0.25, 0.3) is 0 Å². The molecule has 4 rings (SSSR count). The van der Waals surface area contributed by atoms with Crippen LogP contribution in [0, 0.1) is 11.8 Å². The van der Waals surface area contributed by atoms with Crippen molar-refractivity contribution in [1.82, 2.24) is 0 Å². The Labute approximate surface area is 142 Å². The Morgan fingerprint density at radius 3 is 2.42 bits per heavy atom. The number of rotatable bonds is 6. The summed E-state index contributed by atoms with van der Waals surface area (Å²) in [7, 11) is 0. The molecule has 0 N–H and O–H groups in total. The van der Waals surface area contributed by atoms with Gasteiger partial charge in [0.1, 0.15) is 25.1 Å². The molecule has 7 atom stereocenters. The van der Waals surface area contributed by atoms with Crippen LogP contribution in [-0.2, 0) is 28.5 Å². The molecule has 0 spiro atoms. The molecule has 0 amide bonds. The van der Waals surface area contributed by atoms with E-state index in [4.69, 9.17) is 23.7 Å². The molecule has 6 heteroatoms. The molecule has 2 bridgehead atoms. The molecular weight excluding hydrogens is 312 g/mol. The molecule has 4 aliphatic rings. The van der Waals surface area contributed by atoms with E-state index in [0.717, 1.165) is 11.8 Å². The zero-order valence-corrected chi connectivity index (χ0v) is 14.1. The van der Waals surface area contributed by atoms with E-state index < -0.39 is 5.97 Å². The van der Waals surface area contributed by atoms with E-state index in [9.17, 15) is 4.79 Å². The largest absolute Gasteiger partial charge is 0.454 e. The lowest BCUT2D eigenvalue weighted by atomic mass is 9.98. The van der Waals surface area contributed by atoms with Gasteiger partial charge in [-0.15, -0.1) is 0 Å². The molecule has 7 unspecified atom stereocenters. The zero-order chi connectivity index (χ0) is 16.7. The van der Waals surface area contributed by atoms with E-state index in [1.165, 1.54) is 25.7 Å². The van der Waals surface area contributed by atoms with Crippen LogP contribution in [0.3, 0.4) is 0 Å². The minimum absolute atomic E-state index is 0.165. The fourth-order valence-electron chi connectivity index (χ4n) is 4.52. The summed E-state index contributed by atoms with van der Waals surface area (Å²) >= 11 is 0. The molecule has 0 aromatic carbocycles. The van der Waals surface area contributed by atoms with Crippen molar-refractivity contribution in [3.05, 3.63) is 12.2 Å². The molecule has 2 aliphatic heterocycles. The molecule has 0 aromatic heterocycles. The first-order valence-corrected chi connectivity index (χ1v) is 8.94. The maximum atomic E-state index is 11.7. The summed E-state index contributed by atoms with van der Waals surface area (Å²) in [6, 6.07) is 0. The summed E-state index contributed by atoms with van der Waals surface area (Å²) in [5.74, 6) is 1.18. The third-order valence-electron chi connectivity index (χ3n) is 5.81. The smallest absolute Gasteiger partial charge is 0.333 e. The van der Waals surface area contributed by atoms with Crippen LogP contribution in [0.15, 0.2) is 12.2 Å². The van der Waals surface area contributed by atoms with Gasteiger partial charge in [-0.3, -0.25) is 0 Å². The first kappa shape index (κ1) is 16.5. The van der Waals surface area contributed by atoms with Crippen molar-refractivity contribution in [2.75, 3.05) is 20.0 Å². The van der Waals surface area contributed by atoms with E-state index in [2.05, 4.69) is 6.58 Å². The Balaban J connectivity index is 1.22. The maximum Gasteiger partial charge on any atom is 0.333 e. The lowest BCUT2D eigenvalue weighted by Gasteiger charge is -2.23. The molecule has 0 aromatic rings. The summed E-state index contributed by atoms with van der Waals surface area (Å²) in [5.41, 5.74) is 0.378. The molecular formula is C18H26O6. The van der Waals surface area contributed by atoms with Gasteiger partial charge in [0.15, 0.2) is 6.10 Å². The van der Waals surface area contributed by atoms with Crippen LogP contribution >= 0.6 is 0 Å². The zero-order valence-electron chi connectivity index (χ0n) is 14.1. The highest BCUT2D eigenvalue weighted by Gasteiger charge is 2.50. The van der Waals surface area contributed by atoms with Gasteiger partial charge in [-0.1, -0.05) is 6.58 Å². The van der Waals surface area contributed by atoms with Crippen molar-refractivity contribution in [2.45, 2.75) is 63.1 Å². The number of hydrogen-bond donors (Lipinski definition) is 0. The summed E-state index contributed by atoms with van der Waals surface area (Å²) in [5, 5.41) is 0. The van der Waals surface area contributed by atoms with Crippen LogP contribution in [0.4, 0.5) is 0 Å². The molecule has 0 radical (unpaired) electrons. The lowest BCUT2D eigenvalue weighted by Crippen LogP contribution is -2.35. The lowest BCUT2D eigenvalue weighted by molar-refractivity contribution is -0.152. The average Bonchev–Trinajstić information content (AvgIpc) is 3.30. The first-order chi connectivity index (χ1) is 11.6. The standard InChI is InChI=1S/C18H26O6/c1-10(2)18(19)24-15-8-21-16-14(7-20-17(15)16)23-9-22-13-6-11-3-4-12(13)5-11/h11-17H,1,3-9H2,2H3. The Morgan fingerprint density at radius 1 is 1.04 bits per heavy atom. The molecule has 4 fully saturated rings. The summed E-state index contributed by atoms with van der Waals surface area (Å²) in [6.45, 7) is 6.28. The Morgan fingerprint density at radius 2 is 1.75 bits per heavy atom. The number of carbonyl (C=O) groups excluding carboxylic acids is 1. The van der Waals surface area contributed by atoms with Crippen LogP contribution in [0.25, 0.3) is 0 Å². The van der Waals surface area contributed by atoms with Crippen LogP contribution in [0.1, 0.15) is 32.6 Å². The fourth-order valence-corrected chi connectivity index (χ4v) is 4.52. The van der Waals surface area contributed by atoms with Crippen LogP contribution in [0.2, 0.25) is 0 Å². The third kappa shape index (κ3) is 3.12. The summed E-state index contributed by atoms with van der Waals surface area (Å²) in [4.78, 5) is 11.7. The summed E-state index contributed by atoms with van der Waals surface area (Å²) in [6.07, 6.45) is 4.50. The molecule has 24 heavy (non-hydrogen) atoms. The van der Waals surface area contributed by atoms with Crippen molar-refractivity contribution >= 4 is 5.97 Å². The number of hydrogen-bond acceptors (Lipinski definition) is 6. The van der Waals surface area contributed by atoms with Gasteiger partial charge in [-0.2, -0.15) is 0 Å². The van der Waals surface area contributed by atoms with Gasteiger partial charge in [0, 0.05) is 5.57 Å². The van der Waals surface area contributed by atoms with E-state index in [-0.39, 0.29) is 31.2 Å². The van der Waals surface area contributed by atoms with Gasteiger partial charge in [-0.25, -0.2) is 4.79 Å². The van der Waals surface area contributed by atoms with E-state index in [1.54, 1.807) is 6.92 Å². The van der Waals surface area contributed by atoms with Crippen molar-refractivity contribution in [3.8, 4) is 0 Å². The maximum absolute atomic E-state index is 11.7. The first-order valence-electron chi connectivity index (χ1n) is 8.94. The number of ether oxygens (including phenoxy) is 5. The monoisotopic (exact) mass is 338 g/mol. The highest BCUT2D eigenvalue weighted by molar-refractivity contribution is 5.87. The highest BCUT2D eigenvalue weighted by atomic mass is 16.7. The number of esters is 1. The van der Waals surface area contributed by atoms with Gasteiger partial charge in [-0.05, 0) is 44.4 Å². The Bertz CT molecular complexity index is 506. The van der Waals surface area contributed by atoms with Crippen molar-refractivity contribution in [1.29, 1.82) is 0 Å². The molecule has 2 heterocycles. The molecule has 6 nitrogen and oxygen atoms in total. The van der Waals surface area contributed by atoms with Crippen LogP contribution < -0.4 is 0 Å². The van der Waals surface area contributed by atoms with Gasteiger partial charge >= 0.3 is 5.97 Å². The van der Waals surface area contributed by atoms with Crippen molar-refractivity contribution in [2.24, 2.45) is 11.8 Å². The van der Waals surface area contributed by atoms with Gasteiger partial charge < -0.3 is 23.7 Å². The van der Waals surface area contributed by atoms with Crippen molar-refractivity contribution in [3.63, 3.8) is 0 Å². The number of carbonyl (C=O) groups is 1. The second-order valence-corrected chi connectivity index (χ2v) is 7.52. The predicted octanol–water partition coefficient (Wildman–Crippen LogP) is 1.82. The van der Waals surface area contributed by atoms with Gasteiger partial charge in [0.2, 0.25) is 0 Å². The Hall–Kier alpha value is -0.950.